The minimum atomic E-state index is -0.376. The molecule has 6 nitrogen and oxygen atoms in total. The molecule has 0 saturated heterocycles. The number of ketones is 2. The predicted octanol–water partition coefficient (Wildman–Crippen LogP) is 2.96. The molecular formula is C29H16N2O4. The number of rotatable bonds is 1. The maximum Gasteiger partial charge on any atom is 0.196 e. The standard InChI is InChI=1S/C29H16N2O4/c1-14-22(13-11-19-23(14)28(34)17-8-4-2-6-15(17)26(19)32)31-25-21(30)12-10-20-24(25)29(35)18-9-5-3-7-16(18)27(20)33/h2-13,30H,1H3/b30-21?,31-25+. The number of fused-ring (bicyclic) bond motifs is 3. The first-order valence-electron chi connectivity index (χ1n) is 11.0. The number of nitrogens with one attached hydrogen (secondary N) is 1. The topological polar surface area (TPSA) is 104 Å². The van der Waals surface area contributed by atoms with Gasteiger partial charge in [0.05, 0.1) is 16.3 Å². The van der Waals surface area contributed by atoms with Crippen molar-refractivity contribution in [3.63, 3.8) is 0 Å². The van der Waals surface area contributed by atoms with Gasteiger partial charge in [-0.3, -0.25) is 24.6 Å². The highest BCUT2D eigenvalue weighted by Crippen LogP contribution is 2.33. The lowest BCUT2D eigenvalue weighted by Gasteiger charge is -2.19. The lowest BCUT2D eigenvalue weighted by Crippen LogP contribution is -2.32. The van der Waals surface area contributed by atoms with E-state index >= 15 is 0 Å². The molecule has 0 aromatic heterocycles. The van der Waals surface area contributed by atoms with E-state index in [1.807, 2.05) is 0 Å². The van der Waals surface area contributed by atoms with Crippen LogP contribution in [0.2, 0.25) is 0 Å². The number of hydrogen-bond acceptors (Lipinski definition) is 6. The lowest BCUT2D eigenvalue weighted by molar-refractivity contribution is 0.0978. The van der Waals surface area contributed by atoms with Crippen molar-refractivity contribution in [2.45, 2.75) is 6.92 Å². The Hall–Kier alpha value is -4.84. The van der Waals surface area contributed by atoms with Gasteiger partial charge in [0.1, 0.15) is 5.36 Å². The van der Waals surface area contributed by atoms with Crippen LogP contribution in [0, 0.1) is 22.8 Å². The minimum Gasteiger partial charge on any atom is -0.299 e. The molecule has 3 aliphatic rings. The molecule has 1 N–H and O–H groups in total. The third-order valence-corrected chi connectivity index (χ3v) is 6.62. The van der Waals surface area contributed by atoms with Crippen LogP contribution in [-0.4, -0.2) is 11.6 Å². The fourth-order valence-corrected chi connectivity index (χ4v) is 4.87. The molecule has 3 aliphatic carbocycles. The Morgan fingerprint density at radius 1 is 0.657 bits per heavy atom. The molecule has 0 unspecified atom stereocenters. The zero-order valence-electron chi connectivity index (χ0n) is 18.5. The van der Waals surface area contributed by atoms with Crippen molar-refractivity contribution in [2.24, 2.45) is 4.99 Å². The van der Waals surface area contributed by atoms with Crippen molar-refractivity contribution in [1.82, 2.24) is 0 Å². The highest BCUT2D eigenvalue weighted by atomic mass is 16.1. The van der Waals surface area contributed by atoms with E-state index in [9.17, 15) is 19.2 Å². The molecule has 35 heavy (non-hydrogen) atoms. The van der Waals surface area contributed by atoms with Crippen molar-refractivity contribution in [2.75, 3.05) is 0 Å². The Bertz CT molecular complexity index is 2070. The van der Waals surface area contributed by atoms with Gasteiger partial charge in [-0.1, -0.05) is 48.5 Å². The van der Waals surface area contributed by atoms with Crippen molar-refractivity contribution in [1.29, 1.82) is 5.41 Å². The normalized spacial score (nSPS) is 13.3. The first-order chi connectivity index (χ1) is 16.9. The number of carbonyl (C=O) groups is 2. The summed E-state index contributed by atoms with van der Waals surface area (Å²) in [5, 5.41) is 9.35. The Balaban J connectivity index is 1.71. The van der Waals surface area contributed by atoms with E-state index in [2.05, 4.69) is 4.99 Å². The fourth-order valence-electron chi connectivity index (χ4n) is 4.87. The Morgan fingerprint density at radius 2 is 1.29 bits per heavy atom. The van der Waals surface area contributed by atoms with Crippen LogP contribution in [0.5, 0.6) is 0 Å². The molecule has 3 aromatic carbocycles. The molecule has 3 aromatic rings. The van der Waals surface area contributed by atoms with Crippen LogP contribution >= 0.6 is 0 Å². The van der Waals surface area contributed by atoms with Crippen LogP contribution in [0.15, 0.2) is 87.4 Å². The van der Waals surface area contributed by atoms with Crippen molar-refractivity contribution < 1.29 is 9.59 Å². The highest BCUT2D eigenvalue weighted by Gasteiger charge is 2.31. The summed E-state index contributed by atoms with van der Waals surface area (Å²) in [6, 6.07) is 19.3. The molecule has 0 heterocycles. The average molecular weight is 456 g/mol. The first kappa shape index (κ1) is 20.7. The van der Waals surface area contributed by atoms with Crippen molar-refractivity contribution >= 4 is 28.0 Å². The molecule has 6 heteroatoms. The molecule has 0 radical (unpaired) electrons. The average Bonchev–Trinajstić information content (AvgIpc) is 2.88. The fraction of sp³-hybridized carbons (Fsp3) is 0.0345. The highest BCUT2D eigenvalue weighted by molar-refractivity contribution is 6.29. The van der Waals surface area contributed by atoms with Crippen LogP contribution < -0.4 is 21.6 Å². The summed E-state index contributed by atoms with van der Waals surface area (Å²) in [5.41, 5.74) is 1.41. The third-order valence-electron chi connectivity index (χ3n) is 6.62. The van der Waals surface area contributed by atoms with Gasteiger partial charge < -0.3 is 0 Å². The second kappa shape index (κ2) is 7.33. The molecule has 6 rings (SSSR count). The quantitative estimate of drug-likeness (QED) is 0.411. The van der Waals surface area contributed by atoms with Gasteiger partial charge in [-0.05, 0) is 36.8 Å². The number of nitrogens with zero attached hydrogens (tertiary/aromatic N) is 1. The molecule has 0 fully saturated rings. The molecule has 0 amide bonds. The monoisotopic (exact) mass is 456 g/mol. The largest absolute Gasteiger partial charge is 0.299 e. The van der Waals surface area contributed by atoms with E-state index in [1.165, 1.54) is 12.1 Å². The maximum absolute atomic E-state index is 13.4. The predicted molar refractivity (Wildman–Crippen MR) is 130 cm³/mol. The second-order valence-corrected chi connectivity index (χ2v) is 8.54. The summed E-state index contributed by atoms with van der Waals surface area (Å²) in [6.07, 6.45) is 0. The molecule has 0 bridgehead atoms. The number of carbonyl (C=O) groups excluding carboxylic acids is 2. The Labute approximate surface area is 197 Å². The SMILES string of the molecule is Cc1c(/N=c2\c(=N)ccc3c(=O)c4ccccc4c(=O)c2=3)ccc2c1C(=O)c1ccccc1C2=O. The van der Waals surface area contributed by atoms with E-state index < -0.39 is 0 Å². The van der Waals surface area contributed by atoms with E-state index in [0.29, 0.717) is 33.3 Å². The molecular weight excluding hydrogens is 440 g/mol. The summed E-state index contributed by atoms with van der Waals surface area (Å²) in [5.74, 6) is -0.508. The summed E-state index contributed by atoms with van der Waals surface area (Å²) in [7, 11) is 0. The maximum atomic E-state index is 13.4. The van der Waals surface area contributed by atoms with Crippen molar-refractivity contribution in [3.05, 3.63) is 142 Å². The van der Waals surface area contributed by atoms with Crippen LogP contribution in [-0.2, 0) is 0 Å². The molecule has 0 spiro atoms. The number of benzene rings is 3. The van der Waals surface area contributed by atoms with Gasteiger partial charge in [-0.25, -0.2) is 4.99 Å². The van der Waals surface area contributed by atoms with Crippen LogP contribution in [0.1, 0.15) is 37.4 Å². The summed E-state index contributed by atoms with van der Waals surface area (Å²) >= 11 is 0. The lowest BCUT2D eigenvalue weighted by atomic mass is 9.81. The van der Waals surface area contributed by atoms with Gasteiger partial charge in [-0.15, -0.1) is 0 Å². The molecule has 166 valence electrons. The number of hydrogen-bond donors (Lipinski definition) is 1. The summed E-state index contributed by atoms with van der Waals surface area (Å²) in [4.78, 5) is 57.4. The second-order valence-electron chi connectivity index (χ2n) is 8.54. The van der Waals surface area contributed by atoms with E-state index in [-0.39, 0.29) is 54.5 Å². The van der Waals surface area contributed by atoms with E-state index in [1.54, 1.807) is 67.6 Å². The van der Waals surface area contributed by atoms with Gasteiger partial charge in [0, 0.05) is 38.2 Å². The van der Waals surface area contributed by atoms with Gasteiger partial charge in [0.25, 0.3) is 0 Å². The van der Waals surface area contributed by atoms with Gasteiger partial charge in [-0.2, -0.15) is 0 Å². The summed E-state index contributed by atoms with van der Waals surface area (Å²) < 4.78 is 0. The van der Waals surface area contributed by atoms with E-state index in [0.717, 1.165) is 0 Å². The molecule has 0 aliphatic heterocycles. The van der Waals surface area contributed by atoms with Crippen molar-refractivity contribution in [3.8, 4) is 0 Å². The van der Waals surface area contributed by atoms with Crippen LogP contribution in [0.4, 0.5) is 5.69 Å². The Kier molecular flexibility index (Phi) is 4.35. The zero-order chi connectivity index (χ0) is 24.4. The van der Waals surface area contributed by atoms with E-state index in [4.69, 9.17) is 5.41 Å². The Morgan fingerprint density at radius 3 is 2.00 bits per heavy atom. The smallest absolute Gasteiger partial charge is 0.196 e. The van der Waals surface area contributed by atoms with Gasteiger partial charge in [0.2, 0.25) is 0 Å². The molecule has 0 atom stereocenters. The van der Waals surface area contributed by atoms with Gasteiger partial charge >= 0.3 is 0 Å². The third kappa shape index (κ3) is 2.83. The van der Waals surface area contributed by atoms with Gasteiger partial charge in [0.15, 0.2) is 22.4 Å². The van der Waals surface area contributed by atoms with Crippen LogP contribution in [0.25, 0.3) is 10.8 Å². The summed E-state index contributed by atoms with van der Waals surface area (Å²) in [6.45, 7) is 1.69. The first-order valence-corrected chi connectivity index (χ1v) is 11.0. The van der Waals surface area contributed by atoms with Crippen LogP contribution in [0.3, 0.4) is 0 Å². The zero-order valence-corrected chi connectivity index (χ0v) is 18.5. The minimum absolute atomic E-state index is 0.0193. The molecule has 0 saturated carbocycles.